The molecule has 0 spiro atoms. The van der Waals surface area contributed by atoms with Crippen LogP contribution in [-0.2, 0) is 4.74 Å². The molecule has 1 aliphatic rings. The van der Waals surface area contributed by atoms with E-state index < -0.39 is 0 Å². The highest BCUT2D eigenvalue weighted by molar-refractivity contribution is 5.80. The van der Waals surface area contributed by atoms with Crippen LogP contribution in [0.4, 0.5) is 0 Å². The maximum absolute atomic E-state index is 5.25. The lowest BCUT2D eigenvalue weighted by atomic mass is 10.1. The molecule has 5 heteroatoms. The van der Waals surface area contributed by atoms with Crippen molar-refractivity contribution < 1.29 is 4.74 Å². The third kappa shape index (κ3) is 6.25. The van der Waals surface area contributed by atoms with Gasteiger partial charge >= 0.3 is 0 Å². The van der Waals surface area contributed by atoms with Crippen molar-refractivity contribution in [1.29, 1.82) is 0 Å². The molecule has 0 aromatic carbocycles. The van der Waals surface area contributed by atoms with Crippen LogP contribution in [0.3, 0.4) is 0 Å². The molecular weight excluding hydrogens is 240 g/mol. The predicted molar refractivity (Wildman–Crippen MR) is 80.7 cm³/mol. The van der Waals surface area contributed by atoms with Crippen molar-refractivity contribution in [2.75, 3.05) is 60.5 Å². The molecular formula is C14H30N4O. The van der Waals surface area contributed by atoms with E-state index in [0.717, 1.165) is 51.7 Å². The van der Waals surface area contributed by atoms with Gasteiger partial charge in [0, 0.05) is 39.2 Å². The van der Waals surface area contributed by atoms with Gasteiger partial charge < -0.3 is 19.9 Å². The summed E-state index contributed by atoms with van der Waals surface area (Å²) in [6.45, 7) is 8.05. The fraction of sp³-hybridized carbons (Fsp3) is 0.929. The van der Waals surface area contributed by atoms with Crippen LogP contribution in [0.2, 0.25) is 0 Å². The zero-order chi connectivity index (χ0) is 14.1. The van der Waals surface area contributed by atoms with E-state index >= 15 is 0 Å². The predicted octanol–water partition coefficient (Wildman–Crippen LogP) is 0.872. The summed E-state index contributed by atoms with van der Waals surface area (Å²) in [5.74, 6) is 1.72. The summed E-state index contributed by atoms with van der Waals surface area (Å²) in [5, 5.41) is 3.40. The average Bonchev–Trinajstić information content (AvgIpc) is 2.82. The van der Waals surface area contributed by atoms with Crippen LogP contribution < -0.4 is 5.32 Å². The minimum atomic E-state index is 0.649. The minimum absolute atomic E-state index is 0.649. The maximum Gasteiger partial charge on any atom is 0.193 e. The molecule has 0 radical (unpaired) electrons. The Kier molecular flexibility index (Phi) is 7.82. The van der Waals surface area contributed by atoms with Gasteiger partial charge in [0.2, 0.25) is 0 Å². The van der Waals surface area contributed by atoms with Crippen LogP contribution >= 0.6 is 0 Å². The van der Waals surface area contributed by atoms with Crippen LogP contribution in [0.25, 0.3) is 0 Å². The van der Waals surface area contributed by atoms with Gasteiger partial charge in [-0.3, -0.25) is 4.99 Å². The number of guanidine groups is 1. The Morgan fingerprint density at radius 2 is 2.26 bits per heavy atom. The summed E-state index contributed by atoms with van der Waals surface area (Å²) in [4.78, 5) is 9.29. The van der Waals surface area contributed by atoms with E-state index in [1.165, 1.54) is 6.42 Å². The molecule has 1 rings (SSSR count). The molecule has 0 saturated carbocycles. The molecule has 112 valence electrons. The summed E-state index contributed by atoms with van der Waals surface area (Å²) in [6.07, 6.45) is 2.31. The molecule has 0 aromatic heterocycles. The van der Waals surface area contributed by atoms with Crippen LogP contribution in [-0.4, -0.2) is 76.3 Å². The van der Waals surface area contributed by atoms with Crippen molar-refractivity contribution >= 4 is 5.96 Å². The number of likely N-dealkylation sites (tertiary alicyclic amines) is 1. The molecule has 0 aromatic rings. The molecule has 1 heterocycles. The second-order valence-corrected chi connectivity index (χ2v) is 5.45. The highest BCUT2D eigenvalue weighted by Crippen LogP contribution is 2.16. The van der Waals surface area contributed by atoms with Crippen molar-refractivity contribution in [3.8, 4) is 0 Å². The normalized spacial score (nSPS) is 20.4. The first-order valence-electron chi connectivity index (χ1n) is 7.34. The van der Waals surface area contributed by atoms with E-state index in [1.807, 2.05) is 0 Å². The van der Waals surface area contributed by atoms with E-state index in [4.69, 9.17) is 9.73 Å². The first-order chi connectivity index (χ1) is 9.17. The Labute approximate surface area is 118 Å². The Bertz CT molecular complexity index is 268. The van der Waals surface area contributed by atoms with Crippen LogP contribution in [0.1, 0.15) is 19.8 Å². The molecule has 1 unspecified atom stereocenters. The van der Waals surface area contributed by atoms with Gasteiger partial charge in [0.15, 0.2) is 5.96 Å². The number of aliphatic imine (C=N–C) groups is 1. The van der Waals surface area contributed by atoms with E-state index in [2.05, 4.69) is 36.1 Å². The lowest BCUT2D eigenvalue weighted by Gasteiger charge is -2.21. The second kappa shape index (κ2) is 9.15. The number of nitrogens with zero attached hydrogens (tertiary/aromatic N) is 3. The number of methoxy groups -OCH3 is 1. The average molecular weight is 270 g/mol. The zero-order valence-electron chi connectivity index (χ0n) is 13.0. The summed E-state index contributed by atoms with van der Waals surface area (Å²) in [6, 6.07) is 0. The van der Waals surface area contributed by atoms with E-state index in [9.17, 15) is 0 Å². The number of hydrogen-bond acceptors (Lipinski definition) is 3. The van der Waals surface area contributed by atoms with Gasteiger partial charge in [-0.2, -0.15) is 0 Å². The van der Waals surface area contributed by atoms with Crippen molar-refractivity contribution in [3.05, 3.63) is 0 Å². The molecule has 0 aliphatic carbocycles. The number of rotatable bonds is 7. The molecule has 1 saturated heterocycles. The van der Waals surface area contributed by atoms with Crippen molar-refractivity contribution in [2.45, 2.75) is 19.8 Å². The Hall–Kier alpha value is -0.810. The van der Waals surface area contributed by atoms with Crippen LogP contribution in [0.15, 0.2) is 4.99 Å². The highest BCUT2D eigenvalue weighted by atomic mass is 16.5. The fourth-order valence-corrected chi connectivity index (χ4v) is 2.39. The molecule has 0 amide bonds. The topological polar surface area (TPSA) is 40.1 Å². The van der Waals surface area contributed by atoms with E-state index in [-0.39, 0.29) is 0 Å². The lowest BCUT2D eigenvalue weighted by molar-refractivity contribution is 0.157. The minimum Gasteiger partial charge on any atom is -0.384 e. The maximum atomic E-state index is 5.25. The van der Waals surface area contributed by atoms with Crippen molar-refractivity contribution in [2.24, 2.45) is 10.9 Å². The molecule has 0 bridgehead atoms. The van der Waals surface area contributed by atoms with E-state index in [1.54, 1.807) is 7.11 Å². The van der Waals surface area contributed by atoms with Crippen molar-refractivity contribution in [1.82, 2.24) is 15.1 Å². The summed E-state index contributed by atoms with van der Waals surface area (Å²) in [7, 11) is 5.98. The zero-order valence-corrected chi connectivity index (χ0v) is 13.0. The SMILES string of the molecule is CCNC(=NCCCN(C)C)N1CCC(COC)C1. The molecule has 19 heavy (non-hydrogen) atoms. The highest BCUT2D eigenvalue weighted by Gasteiger charge is 2.24. The largest absolute Gasteiger partial charge is 0.384 e. The van der Waals surface area contributed by atoms with Gasteiger partial charge in [-0.05, 0) is 40.4 Å². The summed E-state index contributed by atoms with van der Waals surface area (Å²) in [5.41, 5.74) is 0. The van der Waals surface area contributed by atoms with Crippen LogP contribution in [0, 0.1) is 5.92 Å². The standard InChI is InChI=1S/C14H30N4O/c1-5-15-14(16-8-6-9-17(2)3)18-10-7-13(11-18)12-19-4/h13H,5-12H2,1-4H3,(H,15,16). The quantitative estimate of drug-likeness (QED) is 0.423. The smallest absolute Gasteiger partial charge is 0.193 e. The van der Waals surface area contributed by atoms with Gasteiger partial charge in [0.05, 0.1) is 6.61 Å². The number of hydrogen-bond donors (Lipinski definition) is 1. The molecule has 1 fully saturated rings. The van der Waals surface area contributed by atoms with Gasteiger partial charge in [0.1, 0.15) is 0 Å². The van der Waals surface area contributed by atoms with Gasteiger partial charge in [-0.15, -0.1) is 0 Å². The Morgan fingerprint density at radius 1 is 1.47 bits per heavy atom. The summed E-state index contributed by atoms with van der Waals surface area (Å²) >= 11 is 0. The van der Waals surface area contributed by atoms with Crippen molar-refractivity contribution in [3.63, 3.8) is 0 Å². The second-order valence-electron chi connectivity index (χ2n) is 5.45. The van der Waals surface area contributed by atoms with Crippen LogP contribution in [0.5, 0.6) is 0 Å². The molecule has 1 aliphatic heterocycles. The number of ether oxygens (including phenoxy) is 1. The molecule has 1 atom stereocenters. The van der Waals surface area contributed by atoms with E-state index in [0.29, 0.717) is 5.92 Å². The summed E-state index contributed by atoms with van der Waals surface area (Å²) < 4.78 is 5.25. The van der Waals surface area contributed by atoms with Gasteiger partial charge in [-0.1, -0.05) is 0 Å². The lowest BCUT2D eigenvalue weighted by Crippen LogP contribution is -2.40. The first-order valence-corrected chi connectivity index (χ1v) is 7.34. The first kappa shape index (κ1) is 16.2. The number of nitrogens with one attached hydrogen (secondary N) is 1. The third-order valence-corrected chi connectivity index (χ3v) is 3.35. The Morgan fingerprint density at radius 3 is 2.89 bits per heavy atom. The van der Waals surface area contributed by atoms with Gasteiger partial charge in [0.25, 0.3) is 0 Å². The molecule has 1 N–H and O–H groups in total. The molecule has 5 nitrogen and oxygen atoms in total. The third-order valence-electron chi connectivity index (χ3n) is 3.35. The Balaban J connectivity index is 2.41. The monoisotopic (exact) mass is 270 g/mol. The fourth-order valence-electron chi connectivity index (χ4n) is 2.39. The van der Waals surface area contributed by atoms with Gasteiger partial charge in [-0.25, -0.2) is 0 Å².